The first-order chi connectivity index (χ1) is 8.42. The molecule has 1 aliphatic carbocycles. The lowest BCUT2D eigenvalue weighted by Crippen LogP contribution is -2.24. The SMILES string of the molecule is COCC(C)(C)c1ccc(C2(C(=O)O)CC2)cc1. The molecular weight excluding hydrogens is 228 g/mol. The van der Waals surface area contributed by atoms with Crippen LogP contribution in [0.15, 0.2) is 24.3 Å². The van der Waals surface area contributed by atoms with Crippen LogP contribution in [0.25, 0.3) is 0 Å². The number of carbonyl (C=O) groups is 1. The van der Waals surface area contributed by atoms with Gasteiger partial charge in [0.05, 0.1) is 12.0 Å². The average molecular weight is 248 g/mol. The highest BCUT2D eigenvalue weighted by Crippen LogP contribution is 2.48. The van der Waals surface area contributed by atoms with Crippen LogP contribution < -0.4 is 0 Å². The fourth-order valence-corrected chi connectivity index (χ4v) is 2.44. The van der Waals surface area contributed by atoms with Crippen LogP contribution in [-0.4, -0.2) is 24.8 Å². The van der Waals surface area contributed by atoms with Crippen LogP contribution in [0.5, 0.6) is 0 Å². The van der Waals surface area contributed by atoms with E-state index in [9.17, 15) is 9.90 Å². The first-order valence-electron chi connectivity index (χ1n) is 6.26. The summed E-state index contributed by atoms with van der Waals surface area (Å²) in [4.78, 5) is 11.2. The van der Waals surface area contributed by atoms with E-state index in [1.54, 1.807) is 7.11 Å². The monoisotopic (exact) mass is 248 g/mol. The average Bonchev–Trinajstić information content (AvgIpc) is 3.10. The molecule has 0 heterocycles. The largest absolute Gasteiger partial charge is 0.481 e. The Balaban J connectivity index is 2.23. The van der Waals surface area contributed by atoms with Gasteiger partial charge in [0.2, 0.25) is 0 Å². The van der Waals surface area contributed by atoms with Crippen molar-refractivity contribution in [1.29, 1.82) is 0 Å². The number of hydrogen-bond acceptors (Lipinski definition) is 2. The molecule has 0 atom stereocenters. The maximum atomic E-state index is 11.2. The van der Waals surface area contributed by atoms with Gasteiger partial charge in [-0.2, -0.15) is 0 Å². The zero-order chi connectivity index (χ0) is 13.4. The molecule has 0 saturated heterocycles. The number of carboxylic acid groups (broad SMARTS) is 1. The van der Waals surface area contributed by atoms with E-state index < -0.39 is 11.4 Å². The third kappa shape index (κ3) is 2.15. The van der Waals surface area contributed by atoms with Crippen molar-refractivity contribution in [2.24, 2.45) is 0 Å². The Morgan fingerprint density at radius 3 is 2.28 bits per heavy atom. The van der Waals surface area contributed by atoms with Crippen molar-refractivity contribution in [3.63, 3.8) is 0 Å². The summed E-state index contributed by atoms with van der Waals surface area (Å²) in [5.41, 5.74) is 1.44. The maximum absolute atomic E-state index is 11.2. The molecule has 98 valence electrons. The second kappa shape index (κ2) is 4.39. The Bertz CT molecular complexity index is 441. The molecule has 0 bridgehead atoms. The molecule has 1 aromatic carbocycles. The molecule has 1 N–H and O–H groups in total. The van der Waals surface area contributed by atoms with E-state index >= 15 is 0 Å². The van der Waals surface area contributed by atoms with Gasteiger partial charge in [0.1, 0.15) is 0 Å². The van der Waals surface area contributed by atoms with Crippen molar-refractivity contribution in [1.82, 2.24) is 0 Å². The number of carboxylic acids is 1. The highest BCUT2D eigenvalue weighted by Gasteiger charge is 2.51. The minimum absolute atomic E-state index is 0.0484. The van der Waals surface area contributed by atoms with Crippen LogP contribution in [0, 0.1) is 0 Å². The molecule has 18 heavy (non-hydrogen) atoms. The second-order valence-corrected chi connectivity index (χ2v) is 5.78. The van der Waals surface area contributed by atoms with E-state index in [1.807, 2.05) is 24.3 Å². The fraction of sp³-hybridized carbons (Fsp3) is 0.533. The van der Waals surface area contributed by atoms with Crippen LogP contribution in [-0.2, 0) is 20.4 Å². The third-order valence-corrected chi connectivity index (χ3v) is 3.88. The van der Waals surface area contributed by atoms with E-state index in [0.717, 1.165) is 18.4 Å². The highest BCUT2D eigenvalue weighted by atomic mass is 16.5. The van der Waals surface area contributed by atoms with Crippen molar-refractivity contribution in [3.8, 4) is 0 Å². The van der Waals surface area contributed by atoms with Crippen molar-refractivity contribution in [2.75, 3.05) is 13.7 Å². The first-order valence-corrected chi connectivity index (χ1v) is 6.26. The normalized spacial score (nSPS) is 17.5. The van der Waals surface area contributed by atoms with Crippen LogP contribution in [0.1, 0.15) is 37.8 Å². The number of hydrogen-bond donors (Lipinski definition) is 1. The Morgan fingerprint density at radius 2 is 1.89 bits per heavy atom. The van der Waals surface area contributed by atoms with Gasteiger partial charge in [-0.05, 0) is 24.0 Å². The molecule has 1 aliphatic rings. The van der Waals surface area contributed by atoms with Crippen molar-refractivity contribution in [3.05, 3.63) is 35.4 Å². The lowest BCUT2D eigenvalue weighted by molar-refractivity contribution is -0.140. The Labute approximate surface area is 108 Å². The fourth-order valence-electron chi connectivity index (χ4n) is 2.44. The molecule has 1 fully saturated rings. The second-order valence-electron chi connectivity index (χ2n) is 5.78. The van der Waals surface area contributed by atoms with E-state index in [-0.39, 0.29) is 5.41 Å². The van der Waals surface area contributed by atoms with Gasteiger partial charge in [-0.1, -0.05) is 38.1 Å². The number of aliphatic carboxylic acids is 1. The molecule has 0 aromatic heterocycles. The van der Waals surface area contributed by atoms with Gasteiger partial charge in [-0.3, -0.25) is 4.79 Å². The minimum Gasteiger partial charge on any atom is -0.481 e. The molecule has 2 rings (SSSR count). The number of ether oxygens (including phenoxy) is 1. The highest BCUT2D eigenvalue weighted by molar-refractivity contribution is 5.84. The molecular formula is C15H20O3. The molecule has 1 aromatic rings. The Kier molecular flexibility index (Phi) is 3.20. The summed E-state index contributed by atoms with van der Waals surface area (Å²) < 4.78 is 5.22. The van der Waals surface area contributed by atoms with Gasteiger partial charge in [0.25, 0.3) is 0 Å². The number of rotatable bonds is 5. The lowest BCUT2D eigenvalue weighted by Gasteiger charge is -2.24. The van der Waals surface area contributed by atoms with E-state index in [0.29, 0.717) is 6.61 Å². The topological polar surface area (TPSA) is 46.5 Å². The molecule has 3 heteroatoms. The predicted octanol–water partition coefficient (Wildman–Crippen LogP) is 2.73. The number of methoxy groups -OCH3 is 1. The van der Waals surface area contributed by atoms with Gasteiger partial charge in [-0.25, -0.2) is 0 Å². The lowest BCUT2D eigenvalue weighted by atomic mass is 9.84. The molecule has 3 nitrogen and oxygen atoms in total. The summed E-state index contributed by atoms with van der Waals surface area (Å²) in [6, 6.07) is 7.95. The molecule has 0 aliphatic heterocycles. The predicted molar refractivity (Wildman–Crippen MR) is 69.9 cm³/mol. The van der Waals surface area contributed by atoms with Gasteiger partial charge in [0.15, 0.2) is 0 Å². The van der Waals surface area contributed by atoms with Crippen molar-refractivity contribution >= 4 is 5.97 Å². The van der Waals surface area contributed by atoms with Crippen LogP contribution in [0.2, 0.25) is 0 Å². The zero-order valence-corrected chi connectivity index (χ0v) is 11.2. The summed E-state index contributed by atoms with van der Waals surface area (Å²) in [5, 5.41) is 9.25. The third-order valence-electron chi connectivity index (χ3n) is 3.88. The smallest absolute Gasteiger partial charge is 0.314 e. The molecule has 0 radical (unpaired) electrons. The summed E-state index contributed by atoms with van der Waals surface area (Å²) in [6.45, 7) is 4.89. The molecule has 1 saturated carbocycles. The summed E-state index contributed by atoms with van der Waals surface area (Å²) in [7, 11) is 1.69. The zero-order valence-electron chi connectivity index (χ0n) is 11.2. The summed E-state index contributed by atoms with van der Waals surface area (Å²) in [6.07, 6.45) is 1.51. The van der Waals surface area contributed by atoms with Crippen molar-refractivity contribution in [2.45, 2.75) is 37.5 Å². The van der Waals surface area contributed by atoms with Crippen molar-refractivity contribution < 1.29 is 14.6 Å². The maximum Gasteiger partial charge on any atom is 0.314 e. The van der Waals surface area contributed by atoms with Crippen LogP contribution in [0.4, 0.5) is 0 Å². The van der Waals surface area contributed by atoms with Gasteiger partial charge in [0, 0.05) is 12.5 Å². The quantitative estimate of drug-likeness (QED) is 0.871. The van der Waals surface area contributed by atoms with E-state index in [1.165, 1.54) is 5.56 Å². The van der Waals surface area contributed by atoms with E-state index in [2.05, 4.69) is 13.8 Å². The number of benzene rings is 1. The standard InChI is InChI=1S/C15H20O3/c1-14(2,10-18-3)11-4-6-12(7-5-11)15(8-9-15)13(16)17/h4-7H,8-10H2,1-3H3,(H,16,17). The summed E-state index contributed by atoms with van der Waals surface area (Å²) >= 11 is 0. The van der Waals surface area contributed by atoms with Gasteiger partial charge < -0.3 is 9.84 Å². The molecule has 0 spiro atoms. The Morgan fingerprint density at radius 1 is 1.33 bits per heavy atom. The van der Waals surface area contributed by atoms with E-state index in [4.69, 9.17) is 4.74 Å². The first kappa shape index (κ1) is 13.1. The van der Waals surface area contributed by atoms with Gasteiger partial charge in [-0.15, -0.1) is 0 Å². The van der Waals surface area contributed by atoms with Crippen LogP contribution >= 0.6 is 0 Å². The Hall–Kier alpha value is -1.35. The molecule has 0 unspecified atom stereocenters. The minimum atomic E-state index is -0.702. The van der Waals surface area contributed by atoms with Gasteiger partial charge >= 0.3 is 5.97 Å². The molecule has 0 amide bonds. The van der Waals surface area contributed by atoms with Crippen LogP contribution in [0.3, 0.4) is 0 Å². The summed E-state index contributed by atoms with van der Waals surface area (Å²) in [5.74, 6) is -0.702.